The molecule has 0 radical (unpaired) electrons. The van der Waals surface area contributed by atoms with Crippen LogP contribution < -0.4 is 9.64 Å². The molecule has 202 valence electrons. The Labute approximate surface area is 230 Å². The molecule has 2 aliphatic heterocycles. The van der Waals surface area contributed by atoms with Crippen LogP contribution in [0.3, 0.4) is 0 Å². The molecule has 0 bridgehead atoms. The van der Waals surface area contributed by atoms with Gasteiger partial charge in [-0.25, -0.2) is 9.78 Å². The minimum absolute atomic E-state index is 0.281. The number of methoxy groups -OCH3 is 1. The highest BCUT2D eigenvalue weighted by atomic mass is 16.5. The number of hydrogen-bond acceptors (Lipinski definition) is 6. The third-order valence-corrected chi connectivity index (χ3v) is 8.28. The number of likely N-dealkylation sites (tertiary alicyclic amines) is 1. The first kappa shape index (κ1) is 25.4. The smallest absolute Gasteiger partial charge is 0.338 e. The number of esters is 1. The number of carbonyl (C=O) groups excluding carboxylic acids is 1. The van der Waals surface area contributed by atoms with Crippen LogP contribution in [0.4, 0.5) is 5.69 Å². The van der Waals surface area contributed by atoms with Crippen LogP contribution in [0, 0.1) is 5.41 Å². The molecular formula is C32H36N4O3. The van der Waals surface area contributed by atoms with Crippen molar-refractivity contribution in [3.63, 3.8) is 0 Å². The van der Waals surface area contributed by atoms with Crippen LogP contribution in [0.2, 0.25) is 0 Å². The van der Waals surface area contributed by atoms with Crippen LogP contribution in [0.15, 0.2) is 73.1 Å². The summed E-state index contributed by atoms with van der Waals surface area (Å²) in [7, 11) is 1.71. The summed E-state index contributed by atoms with van der Waals surface area (Å²) < 4.78 is 12.5. The summed E-state index contributed by atoms with van der Waals surface area (Å²) in [6.45, 7) is 8.46. The second-order valence-electron chi connectivity index (χ2n) is 10.9. The van der Waals surface area contributed by atoms with E-state index in [4.69, 9.17) is 14.5 Å². The first-order valence-corrected chi connectivity index (χ1v) is 13.9. The Kier molecular flexibility index (Phi) is 7.00. The summed E-state index contributed by atoms with van der Waals surface area (Å²) in [5.41, 5.74) is 5.71. The molecule has 7 heteroatoms. The fourth-order valence-electron chi connectivity index (χ4n) is 6.08. The number of carbonyl (C=O) groups is 1. The van der Waals surface area contributed by atoms with E-state index in [2.05, 4.69) is 44.8 Å². The highest BCUT2D eigenvalue weighted by Gasteiger charge is 2.44. The van der Waals surface area contributed by atoms with Crippen molar-refractivity contribution < 1.29 is 14.3 Å². The van der Waals surface area contributed by atoms with Gasteiger partial charge in [0.2, 0.25) is 0 Å². The minimum atomic E-state index is -0.281. The number of pyridine rings is 1. The Bertz CT molecular complexity index is 1430. The molecule has 4 aromatic rings. The summed E-state index contributed by atoms with van der Waals surface area (Å²) in [6, 6.07) is 20.5. The van der Waals surface area contributed by atoms with Gasteiger partial charge in [-0.05, 0) is 72.7 Å². The molecule has 0 aliphatic carbocycles. The van der Waals surface area contributed by atoms with Crippen molar-refractivity contribution in [3.05, 3.63) is 89.7 Å². The fourth-order valence-corrected chi connectivity index (χ4v) is 6.08. The maximum absolute atomic E-state index is 11.9. The van der Waals surface area contributed by atoms with Crippen LogP contribution in [0.1, 0.15) is 41.3 Å². The van der Waals surface area contributed by atoms with Gasteiger partial charge in [0.05, 0.1) is 31.2 Å². The monoisotopic (exact) mass is 524 g/mol. The molecule has 0 saturated carbocycles. The van der Waals surface area contributed by atoms with Crippen LogP contribution >= 0.6 is 0 Å². The van der Waals surface area contributed by atoms with E-state index in [9.17, 15) is 4.79 Å². The largest absolute Gasteiger partial charge is 0.497 e. The summed E-state index contributed by atoms with van der Waals surface area (Å²) >= 11 is 0. The van der Waals surface area contributed by atoms with Crippen LogP contribution in [0.25, 0.3) is 11.0 Å². The first-order chi connectivity index (χ1) is 19.0. The number of aromatic nitrogens is 2. The van der Waals surface area contributed by atoms with Crippen molar-refractivity contribution in [2.24, 2.45) is 5.41 Å². The Morgan fingerprint density at radius 1 is 0.949 bits per heavy atom. The molecule has 0 N–H and O–H groups in total. The lowest BCUT2D eigenvalue weighted by atomic mass is 9.72. The van der Waals surface area contributed by atoms with Crippen molar-refractivity contribution in [2.45, 2.75) is 32.9 Å². The molecular weight excluding hydrogens is 488 g/mol. The Hall–Kier alpha value is -3.84. The maximum Gasteiger partial charge on any atom is 0.338 e. The lowest BCUT2D eigenvalue weighted by Gasteiger charge is -2.54. The molecule has 1 spiro atoms. The van der Waals surface area contributed by atoms with Gasteiger partial charge in [0.25, 0.3) is 0 Å². The molecule has 2 saturated heterocycles. The van der Waals surface area contributed by atoms with Gasteiger partial charge < -0.3 is 18.9 Å². The van der Waals surface area contributed by atoms with Crippen LogP contribution in [-0.4, -0.2) is 60.3 Å². The molecule has 2 fully saturated rings. The van der Waals surface area contributed by atoms with Gasteiger partial charge in [0, 0.05) is 50.9 Å². The molecule has 6 rings (SSSR count). The van der Waals surface area contributed by atoms with Gasteiger partial charge in [0.1, 0.15) is 11.4 Å². The van der Waals surface area contributed by atoms with Crippen molar-refractivity contribution in [2.75, 3.05) is 44.8 Å². The van der Waals surface area contributed by atoms with Crippen molar-refractivity contribution in [3.8, 4) is 5.75 Å². The zero-order chi connectivity index (χ0) is 26.8. The molecule has 2 aromatic carbocycles. The number of ether oxygens (including phenoxy) is 2. The first-order valence-electron chi connectivity index (χ1n) is 13.9. The van der Waals surface area contributed by atoms with E-state index in [1.807, 2.05) is 49.5 Å². The van der Waals surface area contributed by atoms with E-state index in [1.54, 1.807) is 7.11 Å². The normalized spacial score (nSPS) is 16.8. The Morgan fingerprint density at radius 3 is 2.33 bits per heavy atom. The number of benzene rings is 2. The molecule has 4 heterocycles. The summed E-state index contributed by atoms with van der Waals surface area (Å²) in [5, 5.41) is 1.16. The predicted octanol–water partition coefficient (Wildman–Crippen LogP) is 5.37. The number of hydrogen-bond donors (Lipinski definition) is 0. The summed E-state index contributed by atoms with van der Waals surface area (Å²) in [4.78, 5) is 21.8. The third kappa shape index (κ3) is 5.36. The zero-order valence-corrected chi connectivity index (χ0v) is 22.8. The second-order valence-corrected chi connectivity index (χ2v) is 10.9. The van der Waals surface area contributed by atoms with Crippen molar-refractivity contribution >= 4 is 22.7 Å². The van der Waals surface area contributed by atoms with Gasteiger partial charge >= 0.3 is 5.97 Å². The SMILES string of the molecule is CCOC(=O)c1ccc(Cn2ccc3cc(N4CCC5(CC4)CN(Cc4ccc(OC)cc4)C5)cnc32)cc1. The van der Waals surface area contributed by atoms with Gasteiger partial charge in [-0.3, -0.25) is 4.90 Å². The van der Waals surface area contributed by atoms with Gasteiger partial charge in [0.15, 0.2) is 0 Å². The number of nitrogens with zero attached hydrogens (tertiary/aromatic N) is 4. The minimum Gasteiger partial charge on any atom is -0.497 e. The topological polar surface area (TPSA) is 59.8 Å². The molecule has 0 atom stereocenters. The molecule has 7 nitrogen and oxygen atoms in total. The average molecular weight is 525 g/mol. The van der Waals surface area contributed by atoms with E-state index in [1.165, 1.54) is 37.2 Å². The molecule has 2 aromatic heterocycles. The Morgan fingerprint density at radius 2 is 1.64 bits per heavy atom. The number of fused-ring (bicyclic) bond motifs is 1. The maximum atomic E-state index is 11.9. The number of rotatable bonds is 8. The molecule has 39 heavy (non-hydrogen) atoms. The third-order valence-electron chi connectivity index (χ3n) is 8.28. The predicted molar refractivity (Wildman–Crippen MR) is 153 cm³/mol. The standard InChI is InChI=1S/C32H36N4O3/c1-3-39-31(37)26-8-4-25(5-9-26)21-36-15-12-27-18-28(19-33-30(27)36)35-16-13-32(14-17-35)22-34(23-32)20-24-6-10-29(38-2)11-7-24/h4-12,15,18-19H,3,13-14,16-17,20-23H2,1-2H3. The average Bonchev–Trinajstić information content (AvgIpc) is 3.35. The quantitative estimate of drug-likeness (QED) is 0.289. The van der Waals surface area contributed by atoms with Gasteiger partial charge in [-0.15, -0.1) is 0 Å². The molecule has 2 aliphatic rings. The number of piperidine rings is 1. The van der Waals surface area contributed by atoms with E-state index >= 15 is 0 Å². The van der Waals surface area contributed by atoms with Gasteiger partial charge in [-0.2, -0.15) is 0 Å². The van der Waals surface area contributed by atoms with Crippen molar-refractivity contribution in [1.29, 1.82) is 0 Å². The summed E-state index contributed by atoms with van der Waals surface area (Å²) in [5.74, 6) is 0.633. The highest BCUT2D eigenvalue weighted by molar-refractivity contribution is 5.89. The Balaban J connectivity index is 1.04. The van der Waals surface area contributed by atoms with Crippen molar-refractivity contribution in [1.82, 2.24) is 14.5 Å². The lowest BCUT2D eigenvalue weighted by molar-refractivity contribution is -0.0240. The fraction of sp³-hybridized carbons (Fsp3) is 0.375. The van der Waals surface area contributed by atoms with E-state index in [0.29, 0.717) is 24.1 Å². The molecule has 0 unspecified atom stereocenters. The zero-order valence-electron chi connectivity index (χ0n) is 22.8. The van der Waals surface area contributed by atoms with Crippen LogP contribution in [0.5, 0.6) is 5.75 Å². The van der Waals surface area contributed by atoms with E-state index in [-0.39, 0.29) is 5.97 Å². The second kappa shape index (κ2) is 10.7. The van der Waals surface area contributed by atoms with Gasteiger partial charge in [-0.1, -0.05) is 24.3 Å². The van der Waals surface area contributed by atoms with E-state index in [0.717, 1.165) is 42.0 Å². The highest BCUT2D eigenvalue weighted by Crippen LogP contribution is 2.42. The number of anilines is 1. The van der Waals surface area contributed by atoms with Crippen LogP contribution in [-0.2, 0) is 17.8 Å². The summed E-state index contributed by atoms with van der Waals surface area (Å²) in [6.07, 6.45) is 6.58. The molecule has 0 amide bonds. The lowest BCUT2D eigenvalue weighted by Crippen LogP contribution is -2.59. The van der Waals surface area contributed by atoms with E-state index < -0.39 is 0 Å².